The zero-order valence-electron chi connectivity index (χ0n) is 15.7. The van der Waals surface area contributed by atoms with Gasteiger partial charge in [-0.2, -0.15) is 0 Å². The Balaban J connectivity index is 1.36. The van der Waals surface area contributed by atoms with Gasteiger partial charge < -0.3 is 9.64 Å². The molecular formula is C20H30N2O2S. The summed E-state index contributed by atoms with van der Waals surface area (Å²) in [5.41, 5.74) is 0.825. The summed E-state index contributed by atoms with van der Waals surface area (Å²) < 4.78 is 5.59. The fraction of sp³-hybridized carbons (Fsp3) is 0.750. The number of rotatable bonds is 4. The summed E-state index contributed by atoms with van der Waals surface area (Å²) >= 11 is 1.55. The lowest BCUT2D eigenvalue weighted by Crippen LogP contribution is -2.55. The zero-order chi connectivity index (χ0) is 17.7. The Labute approximate surface area is 155 Å². The average molecular weight is 363 g/mol. The van der Waals surface area contributed by atoms with Gasteiger partial charge in [-0.15, -0.1) is 11.3 Å². The van der Waals surface area contributed by atoms with Gasteiger partial charge in [0.2, 0.25) is 0 Å². The fourth-order valence-electron chi connectivity index (χ4n) is 5.92. The van der Waals surface area contributed by atoms with Gasteiger partial charge in [-0.25, -0.2) is 0 Å². The van der Waals surface area contributed by atoms with Gasteiger partial charge in [-0.1, -0.05) is 19.9 Å². The number of fused-ring (bicyclic) bond motifs is 1. The first-order valence-electron chi connectivity index (χ1n) is 9.51. The molecule has 3 fully saturated rings. The van der Waals surface area contributed by atoms with Crippen LogP contribution in [0.5, 0.6) is 0 Å². The summed E-state index contributed by atoms with van der Waals surface area (Å²) in [6.45, 7) is 9.90. The molecule has 1 aromatic heterocycles. The number of amides is 1. The monoisotopic (exact) mass is 362 g/mol. The highest BCUT2D eigenvalue weighted by Crippen LogP contribution is 2.63. The van der Waals surface area contributed by atoms with E-state index in [0.29, 0.717) is 16.9 Å². The van der Waals surface area contributed by atoms with Crippen molar-refractivity contribution >= 4 is 17.2 Å². The molecule has 1 saturated carbocycles. The Kier molecular flexibility index (Phi) is 4.45. The average Bonchev–Trinajstić information content (AvgIpc) is 3.21. The molecule has 138 valence electrons. The number of hydrogen-bond donors (Lipinski definition) is 0. The van der Waals surface area contributed by atoms with Crippen LogP contribution in [0.15, 0.2) is 17.5 Å². The van der Waals surface area contributed by atoms with Crippen molar-refractivity contribution < 1.29 is 9.53 Å². The predicted molar refractivity (Wildman–Crippen MR) is 101 cm³/mol. The van der Waals surface area contributed by atoms with Gasteiger partial charge in [0, 0.05) is 44.7 Å². The number of piperidine rings is 1. The van der Waals surface area contributed by atoms with E-state index in [1.807, 2.05) is 29.5 Å². The molecule has 1 aliphatic carbocycles. The lowest BCUT2D eigenvalue weighted by Gasteiger charge is -2.56. The third-order valence-electron chi connectivity index (χ3n) is 6.86. The molecule has 25 heavy (non-hydrogen) atoms. The highest BCUT2D eigenvalue weighted by molar-refractivity contribution is 7.12. The summed E-state index contributed by atoms with van der Waals surface area (Å²) in [5.74, 6) is 0.970. The second kappa shape index (κ2) is 6.36. The van der Waals surface area contributed by atoms with E-state index in [2.05, 4.69) is 18.7 Å². The van der Waals surface area contributed by atoms with Crippen molar-refractivity contribution in [3.8, 4) is 0 Å². The Morgan fingerprint density at radius 1 is 1.36 bits per heavy atom. The first-order valence-corrected chi connectivity index (χ1v) is 10.4. The van der Waals surface area contributed by atoms with Crippen molar-refractivity contribution in [2.75, 3.05) is 39.9 Å². The molecule has 4 rings (SSSR count). The van der Waals surface area contributed by atoms with Crippen LogP contribution in [-0.2, 0) is 4.74 Å². The molecule has 0 aromatic carbocycles. The fourth-order valence-corrected chi connectivity index (χ4v) is 6.61. The predicted octanol–water partition coefficient (Wildman–Crippen LogP) is 3.35. The molecule has 2 atom stereocenters. The molecule has 0 radical (unpaired) electrons. The summed E-state index contributed by atoms with van der Waals surface area (Å²) in [6.07, 6.45) is 3.49. The van der Waals surface area contributed by atoms with E-state index >= 15 is 0 Å². The number of nitrogens with zero attached hydrogens (tertiary/aromatic N) is 2. The third-order valence-corrected chi connectivity index (χ3v) is 7.71. The molecule has 0 unspecified atom stereocenters. The van der Waals surface area contributed by atoms with Crippen molar-refractivity contribution in [3.63, 3.8) is 0 Å². The molecule has 2 aliphatic heterocycles. The SMILES string of the molecule is COC[C@@]12CN(C3CCN(C(=O)c4cccs4)CC3)C[C@@H]1C(C)(C)C2. The van der Waals surface area contributed by atoms with E-state index in [0.717, 1.165) is 43.3 Å². The lowest BCUT2D eigenvalue weighted by atomic mass is 9.48. The minimum absolute atomic E-state index is 0.215. The maximum atomic E-state index is 12.5. The van der Waals surface area contributed by atoms with Crippen LogP contribution < -0.4 is 0 Å². The van der Waals surface area contributed by atoms with E-state index in [1.165, 1.54) is 19.5 Å². The molecule has 3 heterocycles. The van der Waals surface area contributed by atoms with Gasteiger partial charge in [0.15, 0.2) is 0 Å². The molecule has 1 aromatic rings. The molecule has 0 bridgehead atoms. The molecule has 1 amide bonds. The summed E-state index contributed by atoms with van der Waals surface area (Å²) in [6, 6.07) is 4.53. The van der Waals surface area contributed by atoms with Gasteiger partial charge >= 0.3 is 0 Å². The second-order valence-corrected chi connectivity index (χ2v) is 9.89. The van der Waals surface area contributed by atoms with Gasteiger partial charge in [0.1, 0.15) is 0 Å². The van der Waals surface area contributed by atoms with Gasteiger partial charge in [0.05, 0.1) is 11.5 Å². The number of ether oxygens (including phenoxy) is 1. The number of thiophene rings is 1. The normalized spacial score (nSPS) is 32.4. The van der Waals surface area contributed by atoms with Gasteiger partial charge in [-0.3, -0.25) is 9.69 Å². The highest BCUT2D eigenvalue weighted by Gasteiger charge is 2.63. The Morgan fingerprint density at radius 3 is 2.72 bits per heavy atom. The van der Waals surface area contributed by atoms with Crippen LogP contribution in [-0.4, -0.2) is 61.6 Å². The lowest BCUT2D eigenvalue weighted by molar-refractivity contribution is -0.107. The van der Waals surface area contributed by atoms with E-state index in [9.17, 15) is 4.79 Å². The van der Waals surface area contributed by atoms with E-state index in [-0.39, 0.29) is 5.91 Å². The van der Waals surface area contributed by atoms with Crippen molar-refractivity contribution in [2.45, 2.75) is 39.2 Å². The topological polar surface area (TPSA) is 32.8 Å². The van der Waals surface area contributed by atoms with Crippen molar-refractivity contribution in [2.24, 2.45) is 16.7 Å². The van der Waals surface area contributed by atoms with E-state index in [4.69, 9.17) is 4.74 Å². The van der Waals surface area contributed by atoms with Crippen molar-refractivity contribution in [1.82, 2.24) is 9.80 Å². The molecule has 0 spiro atoms. The van der Waals surface area contributed by atoms with Crippen LogP contribution in [0.1, 0.15) is 42.8 Å². The maximum absolute atomic E-state index is 12.5. The van der Waals surface area contributed by atoms with Crippen LogP contribution in [0.2, 0.25) is 0 Å². The van der Waals surface area contributed by atoms with Crippen LogP contribution in [0.25, 0.3) is 0 Å². The molecular weight excluding hydrogens is 332 g/mol. The Hall–Kier alpha value is -0.910. The minimum Gasteiger partial charge on any atom is -0.384 e. The summed E-state index contributed by atoms with van der Waals surface area (Å²) in [4.78, 5) is 18.2. The highest BCUT2D eigenvalue weighted by atomic mass is 32.1. The molecule has 0 N–H and O–H groups in total. The number of carbonyl (C=O) groups excluding carboxylic acids is 1. The van der Waals surface area contributed by atoms with E-state index < -0.39 is 0 Å². The van der Waals surface area contributed by atoms with E-state index in [1.54, 1.807) is 11.3 Å². The third kappa shape index (κ3) is 2.94. The van der Waals surface area contributed by atoms with Crippen LogP contribution in [0.3, 0.4) is 0 Å². The van der Waals surface area contributed by atoms with Crippen LogP contribution >= 0.6 is 11.3 Å². The van der Waals surface area contributed by atoms with Gasteiger partial charge in [-0.05, 0) is 42.0 Å². The summed E-state index contributed by atoms with van der Waals surface area (Å²) in [5, 5.41) is 1.98. The number of carbonyl (C=O) groups is 1. The molecule has 5 heteroatoms. The van der Waals surface area contributed by atoms with Crippen LogP contribution in [0, 0.1) is 16.7 Å². The molecule has 2 saturated heterocycles. The first kappa shape index (κ1) is 17.5. The van der Waals surface area contributed by atoms with Gasteiger partial charge in [0.25, 0.3) is 5.91 Å². The molecule has 3 aliphatic rings. The number of hydrogen-bond acceptors (Lipinski definition) is 4. The second-order valence-electron chi connectivity index (χ2n) is 8.94. The Morgan fingerprint density at radius 2 is 2.12 bits per heavy atom. The minimum atomic E-state index is 0.215. The Bertz CT molecular complexity index is 622. The largest absolute Gasteiger partial charge is 0.384 e. The number of methoxy groups -OCH3 is 1. The maximum Gasteiger partial charge on any atom is 0.263 e. The quantitative estimate of drug-likeness (QED) is 0.823. The number of likely N-dealkylation sites (tertiary alicyclic amines) is 2. The summed E-state index contributed by atoms with van der Waals surface area (Å²) in [7, 11) is 1.84. The first-order chi connectivity index (χ1) is 12.0. The van der Waals surface area contributed by atoms with Crippen LogP contribution in [0.4, 0.5) is 0 Å². The zero-order valence-corrected chi connectivity index (χ0v) is 16.5. The molecule has 4 nitrogen and oxygen atoms in total. The van der Waals surface area contributed by atoms with Crippen molar-refractivity contribution in [1.29, 1.82) is 0 Å². The smallest absolute Gasteiger partial charge is 0.263 e. The standard InChI is InChI=1S/C20H30N2O2S/c1-19(2)12-20(14-24-3)13-22(11-17(19)20)15-6-8-21(9-7-15)18(23)16-5-4-10-25-16/h4-5,10,15,17H,6-9,11-14H2,1-3H3/t17-,20-/m1/s1. The van der Waals surface area contributed by atoms with Crippen molar-refractivity contribution in [3.05, 3.63) is 22.4 Å².